The van der Waals surface area contributed by atoms with Gasteiger partial charge in [0.15, 0.2) is 0 Å². The monoisotopic (exact) mass is 306 g/mol. The van der Waals surface area contributed by atoms with Crippen LogP contribution >= 0.6 is 0 Å². The van der Waals surface area contributed by atoms with E-state index in [1.165, 1.54) is 12.3 Å². The summed E-state index contributed by atoms with van der Waals surface area (Å²) in [7, 11) is -3.84. The molecule has 0 N–H and O–H groups in total. The first-order valence-electron chi connectivity index (χ1n) is 6.29. The summed E-state index contributed by atoms with van der Waals surface area (Å²) in [6.07, 6.45) is 1.24. The van der Waals surface area contributed by atoms with E-state index in [1.54, 1.807) is 6.92 Å². The Hall–Kier alpha value is -2.28. The summed E-state index contributed by atoms with van der Waals surface area (Å²) in [5.41, 5.74) is 0.373. The Bertz CT molecular complexity index is 745. The molecule has 1 heterocycles. The Morgan fingerprint density at radius 3 is 2.48 bits per heavy atom. The van der Waals surface area contributed by atoms with Crippen LogP contribution in [0.1, 0.15) is 18.4 Å². The molecule has 0 radical (unpaired) electrons. The number of aromatic nitrogens is 1. The highest BCUT2D eigenvalue weighted by molar-refractivity contribution is 7.91. The van der Waals surface area contributed by atoms with E-state index < -0.39 is 25.5 Å². The van der Waals surface area contributed by atoms with Gasteiger partial charge in [0.05, 0.1) is 10.7 Å². The second-order valence-corrected chi connectivity index (χ2v) is 6.63. The van der Waals surface area contributed by atoms with E-state index >= 15 is 0 Å². The summed E-state index contributed by atoms with van der Waals surface area (Å²) in [6, 6.07) is 11.6. The molecule has 0 bridgehead atoms. The summed E-state index contributed by atoms with van der Waals surface area (Å²) in [5.74, 6) is -0.507. The van der Waals surface area contributed by atoms with Crippen molar-refractivity contribution in [1.82, 2.24) is 4.98 Å². The predicted octanol–water partition coefficient (Wildman–Crippen LogP) is 2.57. The van der Waals surface area contributed by atoms with Crippen LogP contribution in [0.25, 0.3) is 0 Å². The number of hydrogen-bond donors (Lipinski definition) is 0. The molecule has 0 spiro atoms. The van der Waals surface area contributed by atoms with Crippen LogP contribution in [-0.2, 0) is 9.84 Å². The Labute approximate surface area is 122 Å². The number of sulfone groups is 1. The van der Waals surface area contributed by atoms with Gasteiger partial charge in [-0.1, -0.05) is 37.3 Å². The maximum atomic E-state index is 12.4. The molecule has 0 fully saturated rings. The van der Waals surface area contributed by atoms with Gasteiger partial charge in [0.2, 0.25) is 14.9 Å². The summed E-state index contributed by atoms with van der Waals surface area (Å²) in [4.78, 5) is 13.9. The van der Waals surface area contributed by atoms with Crippen molar-refractivity contribution in [2.45, 2.75) is 17.9 Å². The van der Waals surface area contributed by atoms with Crippen molar-refractivity contribution in [3.8, 4) is 0 Å². The van der Waals surface area contributed by atoms with Crippen molar-refractivity contribution in [1.29, 1.82) is 0 Å². The normalized spacial score (nSPS) is 12.8. The lowest BCUT2D eigenvalue weighted by Gasteiger charge is -2.12. The second-order valence-electron chi connectivity index (χ2n) is 4.68. The van der Waals surface area contributed by atoms with Gasteiger partial charge in [-0.25, -0.2) is 13.4 Å². The lowest BCUT2D eigenvalue weighted by Crippen LogP contribution is -2.15. The zero-order valence-corrected chi connectivity index (χ0v) is 12.2. The highest BCUT2D eigenvalue weighted by Gasteiger charge is 2.29. The number of pyridine rings is 1. The van der Waals surface area contributed by atoms with Crippen molar-refractivity contribution in [2.24, 2.45) is 0 Å². The molecule has 0 aliphatic carbocycles. The van der Waals surface area contributed by atoms with Crippen molar-refractivity contribution < 1.29 is 13.3 Å². The number of hydrogen-bond acceptors (Lipinski definition) is 5. The van der Waals surface area contributed by atoms with Crippen molar-refractivity contribution in [3.05, 3.63) is 64.3 Å². The van der Waals surface area contributed by atoms with Crippen LogP contribution in [0.15, 0.2) is 53.7 Å². The van der Waals surface area contributed by atoms with Crippen LogP contribution in [0, 0.1) is 10.1 Å². The van der Waals surface area contributed by atoms with Crippen molar-refractivity contribution >= 4 is 15.5 Å². The standard InChI is InChI=1S/C14H14N2O4S/c1-11(12-6-3-2-4-7-12)10-21(19,20)14-13(16(17)18)8-5-9-15-14/h2-9,11H,10H2,1H3. The first kappa shape index (κ1) is 15.1. The highest BCUT2D eigenvalue weighted by Crippen LogP contribution is 2.25. The Balaban J connectivity index is 2.34. The van der Waals surface area contributed by atoms with Gasteiger partial charge in [-0.15, -0.1) is 0 Å². The second kappa shape index (κ2) is 6.01. The smallest absolute Gasteiger partial charge is 0.258 e. The molecule has 7 heteroatoms. The van der Waals surface area contributed by atoms with E-state index in [2.05, 4.69) is 4.98 Å². The minimum Gasteiger partial charge on any atom is -0.258 e. The van der Waals surface area contributed by atoms with E-state index in [4.69, 9.17) is 0 Å². The maximum absolute atomic E-state index is 12.4. The van der Waals surface area contributed by atoms with Gasteiger partial charge in [0, 0.05) is 12.3 Å². The minimum atomic E-state index is -3.84. The molecule has 0 amide bonds. The molecule has 110 valence electrons. The maximum Gasteiger partial charge on any atom is 0.306 e. The SMILES string of the molecule is CC(CS(=O)(=O)c1ncccc1[N+](=O)[O-])c1ccccc1. The molecule has 2 rings (SSSR count). The van der Waals surface area contributed by atoms with E-state index in [1.807, 2.05) is 30.3 Å². The molecule has 6 nitrogen and oxygen atoms in total. The topological polar surface area (TPSA) is 90.2 Å². The molecule has 1 unspecified atom stereocenters. The van der Waals surface area contributed by atoms with Gasteiger partial charge in [0.1, 0.15) is 0 Å². The van der Waals surface area contributed by atoms with Gasteiger partial charge < -0.3 is 0 Å². The van der Waals surface area contributed by atoms with Crippen LogP contribution in [0.3, 0.4) is 0 Å². The summed E-state index contributed by atoms with van der Waals surface area (Å²) in [5, 5.41) is 10.5. The molecule has 0 aliphatic rings. The average Bonchev–Trinajstić information content (AvgIpc) is 2.47. The third-order valence-electron chi connectivity index (χ3n) is 3.08. The molecule has 21 heavy (non-hydrogen) atoms. The van der Waals surface area contributed by atoms with Crippen molar-refractivity contribution in [2.75, 3.05) is 5.75 Å². The first-order valence-corrected chi connectivity index (χ1v) is 7.94. The third kappa shape index (κ3) is 3.43. The van der Waals surface area contributed by atoms with E-state index in [0.29, 0.717) is 0 Å². The predicted molar refractivity (Wildman–Crippen MR) is 77.8 cm³/mol. The zero-order valence-electron chi connectivity index (χ0n) is 11.3. The largest absolute Gasteiger partial charge is 0.306 e. The van der Waals surface area contributed by atoms with Crippen LogP contribution in [-0.4, -0.2) is 24.1 Å². The Kier molecular flexibility index (Phi) is 4.32. The van der Waals surface area contributed by atoms with Gasteiger partial charge in [-0.2, -0.15) is 0 Å². The van der Waals surface area contributed by atoms with Crippen LogP contribution < -0.4 is 0 Å². The fourth-order valence-corrected chi connectivity index (χ4v) is 3.74. The van der Waals surface area contributed by atoms with E-state index in [9.17, 15) is 18.5 Å². The van der Waals surface area contributed by atoms with E-state index in [0.717, 1.165) is 11.6 Å². The third-order valence-corrected chi connectivity index (χ3v) is 4.92. The molecule has 0 saturated carbocycles. The fourth-order valence-electron chi connectivity index (χ4n) is 2.05. The lowest BCUT2D eigenvalue weighted by molar-refractivity contribution is -0.388. The number of nitrogens with zero attached hydrogens (tertiary/aromatic N) is 2. The van der Waals surface area contributed by atoms with E-state index in [-0.39, 0.29) is 11.7 Å². The van der Waals surface area contributed by atoms with Crippen LogP contribution in [0.4, 0.5) is 5.69 Å². The minimum absolute atomic E-state index is 0.227. The van der Waals surface area contributed by atoms with Crippen LogP contribution in [0.2, 0.25) is 0 Å². The molecule has 1 aromatic heterocycles. The molecule has 1 atom stereocenters. The van der Waals surface area contributed by atoms with Crippen LogP contribution in [0.5, 0.6) is 0 Å². The lowest BCUT2D eigenvalue weighted by atomic mass is 10.0. The Morgan fingerprint density at radius 1 is 1.19 bits per heavy atom. The average molecular weight is 306 g/mol. The first-order chi connectivity index (χ1) is 9.92. The highest BCUT2D eigenvalue weighted by atomic mass is 32.2. The Morgan fingerprint density at radius 2 is 1.86 bits per heavy atom. The molecular formula is C14H14N2O4S. The van der Waals surface area contributed by atoms with Gasteiger partial charge in [-0.3, -0.25) is 10.1 Å². The van der Waals surface area contributed by atoms with Gasteiger partial charge in [0.25, 0.3) is 0 Å². The quantitative estimate of drug-likeness (QED) is 0.625. The molecule has 1 aromatic carbocycles. The number of nitro groups is 1. The summed E-state index contributed by atoms with van der Waals surface area (Å²) >= 11 is 0. The number of rotatable bonds is 5. The molecular weight excluding hydrogens is 292 g/mol. The zero-order chi connectivity index (χ0) is 15.5. The van der Waals surface area contributed by atoms with Gasteiger partial charge >= 0.3 is 5.69 Å². The summed E-state index contributed by atoms with van der Waals surface area (Å²) in [6.45, 7) is 1.77. The molecule has 0 aliphatic heterocycles. The molecule has 0 saturated heterocycles. The molecule has 2 aromatic rings. The van der Waals surface area contributed by atoms with Crippen molar-refractivity contribution in [3.63, 3.8) is 0 Å². The summed E-state index contributed by atoms with van der Waals surface area (Å²) < 4.78 is 24.7. The fraction of sp³-hybridized carbons (Fsp3) is 0.214. The van der Waals surface area contributed by atoms with Gasteiger partial charge in [-0.05, 0) is 17.5 Å². The number of benzene rings is 1.